The molecule has 1 aromatic heterocycles. The summed E-state index contributed by atoms with van der Waals surface area (Å²) in [4.78, 5) is 6.78. The fourth-order valence-electron chi connectivity index (χ4n) is 2.38. The maximum atomic E-state index is 4.23. The van der Waals surface area contributed by atoms with E-state index >= 15 is 0 Å². The Morgan fingerprint density at radius 3 is 3.14 bits per heavy atom. The van der Waals surface area contributed by atoms with Crippen LogP contribution in [0.5, 0.6) is 0 Å². The van der Waals surface area contributed by atoms with Gasteiger partial charge in [-0.15, -0.1) is 0 Å². The summed E-state index contributed by atoms with van der Waals surface area (Å²) in [6.07, 6.45) is 6.53. The highest BCUT2D eigenvalue weighted by molar-refractivity contribution is 5.25. The lowest BCUT2D eigenvalue weighted by Gasteiger charge is -2.23. The molecule has 1 aromatic rings. The first-order chi connectivity index (χ1) is 6.83. The topological polar surface area (TPSA) is 16.1 Å². The lowest BCUT2D eigenvalue weighted by molar-refractivity contribution is 0.270. The normalized spacial score (nSPS) is 22.9. The van der Waals surface area contributed by atoms with Crippen molar-refractivity contribution in [2.75, 3.05) is 13.1 Å². The fraction of sp³-hybridized carbons (Fsp3) is 0.583. The summed E-state index contributed by atoms with van der Waals surface area (Å²) in [5.41, 5.74) is 2.80. The van der Waals surface area contributed by atoms with E-state index in [0.29, 0.717) is 6.04 Å². The van der Waals surface area contributed by atoms with Crippen molar-refractivity contribution in [1.82, 2.24) is 9.88 Å². The van der Waals surface area contributed by atoms with E-state index in [1.54, 1.807) is 0 Å². The van der Waals surface area contributed by atoms with Gasteiger partial charge < -0.3 is 0 Å². The van der Waals surface area contributed by atoms with Crippen molar-refractivity contribution in [3.8, 4) is 0 Å². The zero-order valence-corrected chi connectivity index (χ0v) is 9.03. The van der Waals surface area contributed by atoms with E-state index < -0.39 is 0 Å². The second-order valence-corrected chi connectivity index (χ2v) is 4.02. The molecule has 0 aliphatic carbocycles. The zero-order valence-electron chi connectivity index (χ0n) is 9.03. The molecule has 76 valence electrons. The van der Waals surface area contributed by atoms with Crippen molar-refractivity contribution < 1.29 is 0 Å². The Morgan fingerprint density at radius 1 is 1.57 bits per heavy atom. The Balaban J connectivity index is 2.26. The van der Waals surface area contributed by atoms with Crippen molar-refractivity contribution in [3.63, 3.8) is 0 Å². The number of pyridine rings is 1. The highest BCUT2D eigenvalue weighted by Crippen LogP contribution is 2.32. The van der Waals surface area contributed by atoms with Gasteiger partial charge in [-0.3, -0.25) is 9.88 Å². The third kappa shape index (κ3) is 1.67. The molecular formula is C12H18N2. The Labute approximate surface area is 86.0 Å². The second kappa shape index (κ2) is 4.09. The number of aromatic nitrogens is 1. The van der Waals surface area contributed by atoms with Crippen molar-refractivity contribution in [1.29, 1.82) is 0 Å². The SMILES string of the molecule is CCN1CCC[C@@H]1c1cnccc1C. The number of rotatable bonds is 2. The molecular weight excluding hydrogens is 172 g/mol. The minimum Gasteiger partial charge on any atom is -0.297 e. The quantitative estimate of drug-likeness (QED) is 0.712. The maximum Gasteiger partial charge on any atom is 0.0366 e. The molecule has 2 heterocycles. The van der Waals surface area contributed by atoms with Gasteiger partial charge in [0.15, 0.2) is 0 Å². The minimum atomic E-state index is 0.619. The molecule has 0 N–H and O–H groups in total. The predicted octanol–water partition coefficient (Wildman–Crippen LogP) is 2.55. The lowest BCUT2D eigenvalue weighted by atomic mass is 10.0. The van der Waals surface area contributed by atoms with Crippen LogP contribution < -0.4 is 0 Å². The van der Waals surface area contributed by atoms with Crippen LogP contribution in [0.2, 0.25) is 0 Å². The third-order valence-corrected chi connectivity index (χ3v) is 3.21. The van der Waals surface area contributed by atoms with Crippen LogP contribution in [0, 0.1) is 6.92 Å². The van der Waals surface area contributed by atoms with E-state index in [4.69, 9.17) is 0 Å². The first-order valence-corrected chi connectivity index (χ1v) is 5.47. The monoisotopic (exact) mass is 190 g/mol. The van der Waals surface area contributed by atoms with Gasteiger partial charge in [0.05, 0.1) is 0 Å². The summed E-state index contributed by atoms with van der Waals surface area (Å²) in [6.45, 7) is 6.82. The van der Waals surface area contributed by atoms with Gasteiger partial charge in [-0.2, -0.15) is 0 Å². The molecule has 0 spiro atoms. The largest absolute Gasteiger partial charge is 0.297 e. The molecule has 1 aliphatic rings. The Kier molecular flexibility index (Phi) is 2.82. The molecule has 0 radical (unpaired) electrons. The summed E-state index contributed by atoms with van der Waals surface area (Å²) >= 11 is 0. The van der Waals surface area contributed by atoms with Crippen LogP contribution in [0.15, 0.2) is 18.5 Å². The molecule has 1 atom stereocenters. The molecule has 2 nitrogen and oxygen atoms in total. The standard InChI is InChI=1S/C12H18N2/c1-3-14-8-4-5-12(14)11-9-13-7-6-10(11)2/h6-7,9,12H,3-5,8H2,1-2H3/t12-/m1/s1. The number of nitrogens with zero attached hydrogens (tertiary/aromatic N) is 2. The Bertz CT molecular complexity index is 309. The summed E-state index contributed by atoms with van der Waals surface area (Å²) < 4.78 is 0. The molecule has 14 heavy (non-hydrogen) atoms. The van der Waals surface area contributed by atoms with Gasteiger partial charge in [0.25, 0.3) is 0 Å². The molecule has 0 bridgehead atoms. The molecule has 2 rings (SSSR count). The highest BCUT2D eigenvalue weighted by atomic mass is 15.2. The molecule has 1 aliphatic heterocycles. The van der Waals surface area contributed by atoms with E-state index in [2.05, 4.69) is 29.8 Å². The maximum absolute atomic E-state index is 4.23. The lowest BCUT2D eigenvalue weighted by Crippen LogP contribution is -2.23. The highest BCUT2D eigenvalue weighted by Gasteiger charge is 2.25. The average Bonchev–Trinajstić information content (AvgIpc) is 2.66. The van der Waals surface area contributed by atoms with Crippen LogP contribution in [-0.2, 0) is 0 Å². The molecule has 2 heteroatoms. The molecule has 1 fully saturated rings. The van der Waals surface area contributed by atoms with E-state index in [9.17, 15) is 0 Å². The predicted molar refractivity (Wildman–Crippen MR) is 58.2 cm³/mol. The number of aryl methyl sites for hydroxylation is 1. The number of likely N-dealkylation sites (tertiary alicyclic amines) is 1. The molecule has 0 unspecified atom stereocenters. The van der Waals surface area contributed by atoms with E-state index in [1.807, 2.05) is 12.4 Å². The molecule has 0 amide bonds. The van der Waals surface area contributed by atoms with Gasteiger partial charge in [0.2, 0.25) is 0 Å². The van der Waals surface area contributed by atoms with Gasteiger partial charge in [-0.25, -0.2) is 0 Å². The number of hydrogen-bond donors (Lipinski definition) is 0. The van der Waals surface area contributed by atoms with E-state index in [1.165, 1.54) is 30.5 Å². The van der Waals surface area contributed by atoms with Crippen LogP contribution in [0.3, 0.4) is 0 Å². The number of hydrogen-bond acceptors (Lipinski definition) is 2. The van der Waals surface area contributed by atoms with Crippen molar-refractivity contribution in [2.45, 2.75) is 32.7 Å². The Hall–Kier alpha value is -0.890. The minimum absolute atomic E-state index is 0.619. The first-order valence-electron chi connectivity index (χ1n) is 5.47. The second-order valence-electron chi connectivity index (χ2n) is 4.02. The van der Waals surface area contributed by atoms with Gasteiger partial charge in [-0.1, -0.05) is 6.92 Å². The Morgan fingerprint density at radius 2 is 2.43 bits per heavy atom. The van der Waals surface area contributed by atoms with Crippen LogP contribution >= 0.6 is 0 Å². The third-order valence-electron chi connectivity index (χ3n) is 3.21. The summed E-state index contributed by atoms with van der Waals surface area (Å²) in [6, 6.07) is 2.73. The smallest absolute Gasteiger partial charge is 0.0366 e. The van der Waals surface area contributed by atoms with Crippen LogP contribution in [0.4, 0.5) is 0 Å². The van der Waals surface area contributed by atoms with Crippen molar-refractivity contribution in [3.05, 3.63) is 29.6 Å². The van der Waals surface area contributed by atoms with E-state index in [0.717, 1.165) is 6.54 Å². The average molecular weight is 190 g/mol. The molecule has 1 saturated heterocycles. The van der Waals surface area contributed by atoms with Gasteiger partial charge in [-0.05, 0) is 50.0 Å². The van der Waals surface area contributed by atoms with E-state index in [-0.39, 0.29) is 0 Å². The van der Waals surface area contributed by atoms with Crippen molar-refractivity contribution in [2.24, 2.45) is 0 Å². The summed E-state index contributed by atoms with van der Waals surface area (Å²) in [5.74, 6) is 0. The van der Waals surface area contributed by atoms with Gasteiger partial charge >= 0.3 is 0 Å². The van der Waals surface area contributed by atoms with Crippen LogP contribution in [0.1, 0.15) is 36.9 Å². The molecule has 0 aromatic carbocycles. The summed E-state index contributed by atoms with van der Waals surface area (Å²) in [5, 5.41) is 0. The van der Waals surface area contributed by atoms with Crippen molar-refractivity contribution >= 4 is 0 Å². The molecule has 0 saturated carbocycles. The van der Waals surface area contributed by atoms with Crippen LogP contribution in [-0.4, -0.2) is 23.0 Å². The first kappa shape index (κ1) is 9.66. The fourth-order valence-corrected chi connectivity index (χ4v) is 2.38. The van der Waals surface area contributed by atoms with Crippen LogP contribution in [0.25, 0.3) is 0 Å². The van der Waals surface area contributed by atoms with Gasteiger partial charge in [0, 0.05) is 18.4 Å². The zero-order chi connectivity index (χ0) is 9.97. The summed E-state index contributed by atoms with van der Waals surface area (Å²) in [7, 11) is 0. The van der Waals surface area contributed by atoms with Gasteiger partial charge in [0.1, 0.15) is 0 Å².